The maximum atomic E-state index is 12.0. The lowest BCUT2D eigenvalue weighted by molar-refractivity contribution is -0.115. The van der Waals surface area contributed by atoms with E-state index < -0.39 is 0 Å². The highest BCUT2D eigenvalue weighted by molar-refractivity contribution is 5.99. The molecule has 2 aliphatic carbocycles. The zero-order valence-electron chi connectivity index (χ0n) is 11.3. The summed E-state index contributed by atoms with van der Waals surface area (Å²) in [5, 5.41) is 0. The monoisotopic (exact) mass is 249 g/mol. The van der Waals surface area contributed by atoms with Crippen LogP contribution in [-0.2, 0) is 9.53 Å². The smallest absolute Gasteiger partial charge is 0.159 e. The number of Topliss-reactive ketones (excluding diaryl/α,β-unsaturated/α-hetero) is 1. The maximum absolute atomic E-state index is 12.0. The van der Waals surface area contributed by atoms with E-state index in [1.165, 1.54) is 24.0 Å². The van der Waals surface area contributed by atoms with Gasteiger partial charge in [0.1, 0.15) is 0 Å². The summed E-state index contributed by atoms with van der Waals surface area (Å²) >= 11 is 0. The molecule has 18 heavy (non-hydrogen) atoms. The Morgan fingerprint density at radius 3 is 2.89 bits per heavy atom. The van der Waals surface area contributed by atoms with Gasteiger partial charge in [-0.25, -0.2) is 0 Å². The fourth-order valence-electron chi connectivity index (χ4n) is 3.87. The van der Waals surface area contributed by atoms with Gasteiger partial charge in [0.15, 0.2) is 5.78 Å². The fraction of sp³-hybridized carbons (Fsp3) is 0.800. The van der Waals surface area contributed by atoms with Crippen LogP contribution in [0.25, 0.3) is 0 Å². The third-order valence-electron chi connectivity index (χ3n) is 4.71. The normalized spacial score (nSPS) is 33.9. The molecule has 0 aromatic heterocycles. The molecule has 1 aliphatic heterocycles. The number of hydrogen-bond donors (Lipinski definition) is 0. The summed E-state index contributed by atoms with van der Waals surface area (Å²) in [4.78, 5) is 14.5. The van der Waals surface area contributed by atoms with Gasteiger partial charge in [0.25, 0.3) is 0 Å². The first-order valence-corrected chi connectivity index (χ1v) is 7.32. The quantitative estimate of drug-likeness (QED) is 0.750. The average molecular weight is 249 g/mol. The van der Waals surface area contributed by atoms with Crippen molar-refractivity contribution in [3.05, 3.63) is 11.1 Å². The predicted molar refractivity (Wildman–Crippen MR) is 70.4 cm³/mol. The Morgan fingerprint density at radius 1 is 1.33 bits per heavy atom. The number of hydrogen-bond acceptors (Lipinski definition) is 3. The van der Waals surface area contributed by atoms with Crippen molar-refractivity contribution >= 4 is 5.78 Å². The van der Waals surface area contributed by atoms with Crippen molar-refractivity contribution in [2.24, 2.45) is 11.8 Å². The Balaban J connectivity index is 1.73. The lowest BCUT2D eigenvalue weighted by Gasteiger charge is -2.34. The topological polar surface area (TPSA) is 29.5 Å². The molecule has 1 fully saturated rings. The molecule has 100 valence electrons. The first-order valence-electron chi connectivity index (χ1n) is 7.32. The summed E-state index contributed by atoms with van der Waals surface area (Å²) in [6, 6.07) is 0. The fourth-order valence-corrected chi connectivity index (χ4v) is 3.87. The Labute approximate surface area is 109 Å². The molecule has 1 heterocycles. The number of morpholine rings is 1. The third kappa shape index (κ3) is 2.26. The number of nitrogens with zero attached hydrogens (tertiary/aromatic N) is 1. The van der Waals surface area contributed by atoms with Gasteiger partial charge in [-0.3, -0.25) is 9.69 Å². The summed E-state index contributed by atoms with van der Waals surface area (Å²) in [6.07, 6.45) is 4.28. The molecule has 3 rings (SSSR count). The van der Waals surface area contributed by atoms with E-state index in [9.17, 15) is 4.79 Å². The number of carbonyl (C=O) groups excluding carboxylic acids is 1. The van der Waals surface area contributed by atoms with Crippen LogP contribution in [0.5, 0.6) is 0 Å². The number of ketones is 1. The van der Waals surface area contributed by atoms with Gasteiger partial charge >= 0.3 is 0 Å². The SMILES string of the molecule is CC1CC(=O)C2=C1C(CN1CCOCC1)CCC2. The number of rotatable bonds is 2. The van der Waals surface area contributed by atoms with Crippen molar-refractivity contribution in [3.8, 4) is 0 Å². The van der Waals surface area contributed by atoms with Crippen LogP contribution < -0.4 is 0 Å². The molecule has 0 bridgehead atoms. The first kappa shape index (κ1) is 12.4. The van der Waals surface area contributed by atoms with E-state index in [4.69, 9.17) is 4.74 Å². The molecule has 0 radical (unpaired) electrons. The number of allylic oxidation sites excluding steroid dienone is 1. The lowest BCUT2D eigenvalue weighted by Crippen LogP contribution is -2.40. The second-order valence-corrected chi connectivity index (χ2v) is 5.96. The standard InChI is InChI=1S/C15H23NO2/c1-11-9-14(17)13-4-2-3-12(15(11)13)10-16-5-7-18-8-6-16/h11-12H,2-10H2,1H3. The molecule has 1 saturated heterocycles. The highest BCUT2D eigenvalue weighted by Gasteiger charge is 2.36. The van der Waals surface area contributed by atoms with Crippen LogP contribution in [-0.4, -0.2) is 43.5 Å². The molecule has 0 N–H and O–H groups in total. The Kier molecular flexibility index (Phi) is 3.53. The summed E-state index contributed by atoms with van der Waals surface area (Å²) in [5.74, 6) is 1.57. The molecule has 0 saturated carbocycles. The predicted octanol–water partition coefficient (Wildman–Crippen LogP) is 2.02. The minimum absolute atomic E-state index is 0.434. The number of carbonyl (C=O) groups is 1. The van der Waals surface area contributed by atoms with E-state index >= 15 is 0 Å². The molecule has 3 nitrogen and oxygen atoms in total. The molecule has 2 unspecified atom stereocenters. The van der Waals surface area contributed by atoms with Gasteiger partial charge in [0.05, 0.1) is 13.2 Å². The van der Waals surface area contributed by atoms with Gasteiger partial charge < -0.3 is 4.74 Å². The van der Waals surface area contributed by atoms with Crippen LogP contribution in [0.1, 0.15) is 32.6 Å². The van der Waals surface area contributed by atoms with Crippen molar-refractivity contribution < 1.29 is 9.53 Å². The first-order chi connectivity index (χ1) is 8.75. The van der Waals surface area contributed by atoms with Crippen LogP contribution in [0.15, 0.2) is 11.1 Å². The van der Waals surface area contributed by atoms with E-state index in [0.717, 1.165) is 45.7 Å². The number of ether oxygens (including phenoxy) is 1. The van der Waals surface area contributed by atoms with Crippen LogP contribution >= 0.6 is 0 Å². The van der Waals surface area contributed by atoms with E-state index in [1.807, 2.05) is 0 Å². The highest BCUT2D eigenvalue weighted by atomic mass is 16.5. The van der Waals surface area contributed by atoms with Crippen LogP contribution in [0.4, 0.5) is 0 Å². The van der Waals surface area contributed by atoms with Gasteiger partial charge in [0, 0.05) is 26.1 Å². The van der Waals surface area contributed by atoms with Gasteiger partial charge in [-0.05, 0) is 36.7 Å². The molecule has 2 atom stereocenters. The second kappa shape index (κ2) is 5.14. The van der Waals surface area contributed by atoms with Crippen molar-refractivity contribution in [1.29, 1.82) is 0 Å². The zero-order valence-corrected chi connectivity index (χ0v) is 11.3. The molecular weight excluding hydrogens is 226 g/mol. The maximum Gasteiger partial charge on any atom is 0.159 e. The molecule has 0 spiro atoms. The summed E-state index contributed by atoms with van der Waals surface area (Å²) in [5.41, 5.74) is 2.71. The molecule has 0 aromatic rings. The summed E-state index contributed by atoms with van der Waals surface area (Å²) < 4.78 is 5.41. The summed E-state index contributed by atoms with van der Waals surface area (Å²) in [7, 11) is 0. The third-order valence-corrected chi connectivity index (χ3v) is 4.71. The largest absolute Gasteiger partial charge is 0.379 e. The molecule has 3 heteroatoms. The van der Waals surface area contributed by atoms with Crippen LogP contribution in [0.2, 0.25) is 0 Å². The Hall–Kier alpha value is -0.670. The molecule has 0 aromatic carbocycles. The van der Waals surface area contributed by atoms with Crippen molar-refractivity contribution in [3.63, 3.8) is 0 Å². The highest BCUT2D eigenvalue weighted by Crippen LogP contribution is 2.42. The van der Waals surface area contributed by atoms with E-state index in [2.05, 4.69) is 11.8 Å². The average Bonchev–Trinajstić information content (AvgIpc) is 2.67. The molecule has 0 amide bonds. The van der Waals surface area contributed by atoms with E-state index in [-0.39, 0.29) is 0 Å². The Morgan fingerprint density at radius 2 is 2.11 bits per heavy atom. The summed E-state index contributed by atoms with van der Waals surface area (Å²) in [6.45, 7) is 7.22. The van der Waals surface area contributed by atoms with E-state index in [1.54, 1.807) is 0 Å². The minimum Gasteiger partial charge on any atom is -0.379 e. The van der Waals surface area contributed by atoms with Crippen molar-refractivity contribution in [2.45, 2.75) is 32.6 Å². The van der Waals surface area contributed by atoms with Crippen molar-refractivity contribution in [2.75, 3.05) is 32.8 Å². The van der Waals surface area contributed by atoms with Gasteiger partial charge in [-0.1, -0.05) is 12.5 Å². The molecular formula is C15H23NO2. The van der Waals surface area contributed by atoms with Crippen LogP contribution in [0.3, 0.4) is 0 Å². The van der Waals surface area contributed by atoms with Crippen LogP contribution in [0, 0.1) is 11.8 Å². The van der Waals surface area contributed by atoms with Gasteiger partial charge in [-0.2, -0.15) is 0 Å². The zero-order chi connectivity index (χ0) is 12.5. The molecule has 3 aliphatic rings. The van der Waals surface area contributed by atoms with Gasteiger partial charge in [-0.15, -0.1) is 0 Å². The van der Waals surface area contributed by atoms with Crippen molar-refractivity contribution in [1.82, 2.24) is 4.90 Å². The van der Waals surface area contributed by atoms with E-state index in [0.29, 0.717) is 17.6 Å². The lowest BCUT2D eigenvalue weighted by atomic mass is 9.80. The Bertz CT molecular complexity index is 369. The minimum atomic E-state index is 0.434. The van der Waals surface area contributed by atoms with Gasteiger partial charge in [0.2, 0.25) is 0 Å². The second-order valence-electron chi connectivity index (χ2n) is 5.96.